The summed E-state index contributed by atoms with van der Waals surface area (Å²) in [6.07, 6.45) is 0. The summed E-state index contributed by atoms with van der Waals surface area (Å²) in [6.45, 7) is 0.137. The molecule has 0 heterocycles. The molecule has 3 aromatic carbocycles. The topological polar surface area (TPSA) is 49.8 Å². The standard InChI is InChI=1S/C22H23ClNO3P/c1-24(2)20-12-14-21(15-13-20)28(26,27-16-17-6-4-3-5-7-17)22(25)18-8-10-19(23)11-9-18/h3-15,22,25H,16H2,1-2H3/t22-,28+/m0/s1. The molecule has 0 aliphatic carbocycles. The average molecular weight is 416 g/mol. The summed E-state index contributed by atoms with van der Waals surface area (Å²) in [6, 6.07) is 23.4. The molecule has 3 rings (SSSR count). The van der Waals surface area contributed by atoms with Crippen molar-refractivity contribution in [3.63, 3.8) is 0 Å². The molecule has 0 spiro atoms. The fraction of sp³-hybridized carbons (Fsp3) is 0.182. The van der Waals surface area contributed by atoms with E-state index >= 15 is 0 Å². The van der Waals surface area contributed by atoms with E-state index in [0.717, 1.165) is 11.3 Å². The number of aliphatic hydroxyl groups is 1. The summed E-state index contributed by atoms with van der Waals surface area (Å²) >= 11 is 5.95. The Morgan fingerprint density at radius 2 is 1.57 bits per heavy atom. The van der Waals surface area contributed by atoms with Gasteiger partial charge in [0.05, 0.1) is 6.61 Å². The van der Waals surface area contributed by atoms with Crippen LogP contribution in [0.3, 0.4) is 0 Å². The van der Waals surface area contributed by atoms with Gasteiger partial charge in [0.2, 0.25) is 0 Å². The zero-order valence-corrected chi connectivity index (χ0v) is 17.5. The maximum atomic E-state index is 13.9. The summed E-state index contributed by atoms with van der Waals surface area (Å²) in [7, 11) is 0.246. The van der Waals surface area contributed by atoms with E-state index in [4.69, 9.17) is 16.1 Å². The summed E-state index contributed by atoms with van der Waals surface area (Å²) in [5.41, 5.74) is 2.35. The van der Waals surface area contributed by atoms with Crippen LogP contribution in [-0.4, -0.2) is 19.2 Å². The van der Waals surface area contributed by atoms with Crippen molar-refractivity contribution in [3.05, 3.63) is 95.0 Å². The van der Waals surface area contributed by atoms with Crippen molar-refractivity contribution < 1.29 is 14.2 Å². The van der Waals surface area contributed by atoms with Gasteiger partial charge in [-0.3, -0.25) is 4.57 Å². The van der Waals surface area contributed by atoms with Crippen LogP contribution in [0.15, 0.2) is 78.9 Å². The summed E-state index contributed by atoms with van der Waals surface area (Å²) in [4.78, 5) is 1.95. The van der Waals surface area contributed by atoms with E-state index in [0.29, 0.717) is 15.9 Å². The van der Waals surface area contributed by atoms with Gasteiger partial charge in [-0.25, -0.2) is 0 Å². The lowest BCUT2D eigenvalue weighted by molar-refractivity contribution is 0.210. The Morgan fingerprint density at radius 3 is 2.14 bits per heavy atom. The van der Waals surface area contributed by atoms with Crippen molar-refractivity contribution in [2.45, 2.75) is 12.5 Å². The summed E-state index contributed by atoms with van der Waals surface area (Å²) in [5, 5.41) is 12.0. The quantitative estimate of drug-likeness (QED) is 0.538. The zero-order valence-electron chi connectivity index (χ0n) is 15.8. The number of hydrogen-bond acceptors (Lipinski definition) is 4. The zero-order chi connectivity index (χ0) is 20.1. The molecule has 0 bridgehead atoms. The van der Waals surface area contributed by atoms with Gasteiger partial charge in [-0.15, -0.1) is 0 Å². The molecule has 0 aromatic heterocycles. The van der Waals surface area contributed by atoms with E-state index < -0.39 is 13.2 Å². The smallest absolute Gasteiger partial charge is 0.264 e. The molecule has 28 heavy (non-hydrogen) atoms. The Morgan fingerprint density at radius 1 is 0.964 bits per heavy atom. The first-order valence-corrected chi connectivity index (χ1v) is 11.0. The normalized spacial score (nSPS) is 14.3. The Balaban J connectivity index is 1.96. The average Bonchev–Trinajstić information content (AvgIpc) is 2.73. The Labute approximate surface area is 170 Å². The molecular weight excluding hydrogens is 393 g/mol. The predicted octanol–water partition coefficient (Wildman–Crippen LogP) is 5.22. The van der Waals surface area contributed by atoms with Crippen molar-refractivity contribution in [2.75, 3.05) is 19.0 Å². The number of aliphatic hydroxyl groups excluding tert-OH is 1. The first-order valence-electron chi connectivity index (χ1n) is 8.90. The summed E-state index contributed by atoms with van der Waals surface area (Å²) in [5.74, 6) is -1.29. The van der Waals surface area contributed by atoms with Crippen LogP contribution < -0.4 is 10.2 Å². The first kappa shape index (κ1) is 20.6. The van der Waals surface area contributed by atoms with E-state index in [-0.39, 0.29) is 6.61 Å². The van der Waals surface area contributed by atoms with Crippen LogP contribution >= 0.6 is 19.0 Å². The van der Waals surface area contributed by atoms with Crippen LogP contribution in [0.2, 0.25) is 5.02 Å². The lowest BCUT2D eigenvalue weighted by Gasteiger charge is -2.25. The molecule has 0 aliphatic rings. The van der Waals surface area contributed by atoms with E-state index in [9.17, 15) is 9.67 Å². The van der Waals surface area contributed by atoms with Gasteiger partial charge in [-0.2, -0.15) is 0 Å². The second kappa shape index (κ2) is 8.93. The third-order valence-electron chi connectivity index (χ3n) is 4.48. The van der Waals surface area contributed by atoms with Crippen LogP contribution in [0.1, 0.15) is 17.0 Å². The molecule has 6 heteroatoms. The minimum absolute atomic E-state index is 0.137. The highest BCUT2D eigenvalue weighted by atomic mass is 35.5. The number of rotatable bonds is 7. The maximum Gasteiger partial charge on any atom is 0.264 e. The fourth-order valence-electron chi connectivity index (χ4n) is 2.82. The number of nitrogens with zero attached hydrogens (tertiary/aromatic N) is 1. The van der Waals surface area contributed by atoms with Crippen molar-refractivity contribution in [3.8, 4) is 0 Å². The molecule has 1 N–H and O–H groups in total. The Hall–Kier alpha value is -2.10. The molecule has 0 amide bonds. The molecule has 4 nitrogen and oxygen atoms in total. The molecule has 0 saturated carbocycles. The molecule has 0 radical (unpaired) electrons. The maximum absolute atomic E-state index is 13.9. The second-order valence-electron chi connectivity index (χ2n) is 6.69. The highest BCUT2D eigenvalue weighted by molar-refractivity contribution is 7.67. The Bertz CT molecular complexity index is 944. The number of anilines is 1. The molecule has 2 atom stereocenters. The van der Waals surface area contributed by atoms with Crippen LogP contribution in [0.4, 0.5) is 5.69 Å². The molecule has 0 saturated heterocycles. The van der Waals surface area contributed by atoms with E-state index in [1.54, 1.807) is 36.4 Å². The highest BCUT2D eigenvalue weighted by Crippen LogP contribution is 2.58. The fourth-order valence-corrected chi connectivity index (χ4v) is 4.99. The minimum Gasteiger partial charge on any atom is -0.378 e. The van der Waals surface area contributed by atoms with Crippen molar-refractivity contribution in [2.24, 2.45) is 0 Å². The SMILES string of the molecule is CN(C)c1ccc([P@@](=O)(OCc2ccccc2)[C@H](O)c2ccc(Cl)cc2)cc1. The number of benzene rings is 3. The van der Waals surface area contributed by atoms with Crippen molar-refractivity contribution in [1.82, 2.24) is 0 Å². The third kappa shape index (κ3) is 4.65. The molecule has 146 valence electrons. The van der Waals surface area contributed by atoms with Gasteiger partial charge < -0.3 is 14.5 Å². The van der Waals surface area contributed by atoms with Gasteiger partial charge in [0.1, 0.15) is 0 Å². The van der Waals surface area contributed by atoms with E-state index in [1.807, 2.05) is 61.5 Å². The number of halogens is 1. The highest BCUT2D eigenvalue weighted by Gasteiger charge is 2.36. The first-order chi connectivity index (χ1) is 13.4. The van der Waals surface area contributed by atoms with Gasteiger partial charge in [0.25, 0.3) is 7.37 Å². The minimum atomic E-state index is -3.62. The Kier molecular flexibility index (Phi) is 6.58. The van der Waals surface area contributed by atoms with Gasteiger partial charge >= 0.3 is 0 Å². The van der Waals surface area contributed by atoms with Crippen LogP contribution in [0.25, 0.3) is 0 Å². The number of hydrogen-bond donors (Lipinski definition) is 1. The largest absolute Gasteiger partial charge is 0.378 e. The van der Waals surface area contributed by atoms with Gasteiger partial charge in [0, 0.05) is 30.1 Å². The lowest BCUT2D eigenvalue weighted by Crippen LogP contribution is -2.16. The van der Waals surface area contributed by atoms with E-state index in [2.05, 4.69) is 0 Å². The van der Waals surface area contributed by atoms with Crippen molar-refractivity contribution >= 4 is 30.0 Å². The van der Waals surface area contributed by atoms with E-state index in [1.165, 1.54) is 0 Å². The molecule has 0 unspecified atom stereocenters. The lowest BCUT2D eigenvalue weighted by atomic mass is 10.2. The van der Waals surface area contributed by atoms with Gasteiger partial charge in [0.15, 0.2) is 5.85 Å². The summed E-state index contributed by atoms with van der Waals surface area (Å²) < 4.78 is 19.8. The van der Waals surface area contributed by atoms with Gasteiger partial charge in [-0.1, -0.05) is 54.1 Å². The predicted molar refractivity (Wildman–Crippen MR) is 116 cm³/mol. The van der Waals surface area contributed by atoms with Crippen LogP contribution in [0, 0.1) is 0 Å². The molecule has 0 fully saturated rings. The molecule has 0 aliphatic heterocycles. The van der Waals surface area contributed by atoms with Gasteiger partial charge in [-0.05, 0) is 47.5 Å². The monoisotopic (exact) mass is 415 g/mol. The van der Waals surface area contributed by atoms with Crippen LogP contribution in [0.5, 0.6) is 0 Å². The molecule has 3 aromatic rings. The second-order valence-corrected chi connectivity index (χ2v) is 9.59. The third-order valence-corrected chi connectivity index (χ3v) is 7.21. The molecular formula is C22H23ClNO3P. The van der Waals surface area contributed by atoms with Crippen molar-refractivity contribution in [1.29, 1.82) is 0 Å². The van der Waals surface area contributed by atoms with Crippen LogP contribution in [-0.2, 0) is 15.7 Å².